The zero-order valence-corrected chi connectivity index (χ0v) is 36.6. The van der Waals surface area contributed by atoms with E-state index in [1.54, 1.807) is 17.8 Å². The molecule has 6 unspecified atom stereocenters. The molecule has 1 fully saturated rings. The number of rotatable bonds is 25. The first-order valence-electron chi connectivity index (χ1n) is 21.6. The molecule has 63 heavy (non-hydrogen) atoms. The molecule has 340 valence electrons. The van der Waals surface area contributed by atoms with Crippen molar-refractivity contribution in [3.63, 3.8) is 0 Å². The van der Waals surface area contributed by atoms with Gasteiger partial charge in [-0.25, -0.2) is 4.79 Å². The highest BCUT2D eigenvalue weighted by Crippen LogP contribution is 2.62. The van der Waals surface area contributed by atoms with Crippen LogP contribution < -0.4 is 14.2 Å². The fourth-order valence-corrected chi connectivity index (χ4v) is 9.94. The van der Waals surface area contributed by atoms with Gasteiger partial charge in [-0.15, -0.1) is 18.3 Å². The maximum Gasteiger partial charge on any atom is 0.415 e. The van der Waals surface area contributed by atoms with E-state index in [-0.39, 0.29) is 81.8 Å². The van der Waals surface area contributed by atoms with Crippen LogP contribution in [0.3, 0.4) is 0 Å². The van der Waals surface area contributed by atoms with Crippen LogP contribution in [-0.4, -0.2) is 114 Å². The number of ether oxygens (including phenoxy) is 5. The number of unbranched alkanes of at least 4 members (excludes halogenated alkanes) is 2. The van der Waals surface area contributed by atoms with Crippen LogP contribution in [0.1, 0.15) is 56.4 Å². The number of hydrogen-bond donors (Lipinski definition) is 3. The second kappa shape index (κ2) is 23.6. The number of fused-ring (bicyclic) bond motifs is 2. The van der Waals surface area contributed by atoms with Crippen LogP contribution in [-0.2, 0) is 14.3 Å². The molecule has 1 amide bonds. The number of thioether (sulfide) groups is 1. The lowest BCUT2D eigenvalue weighted by Crippen LogP contribution is -2.70. The molecule has 0 spiro atoms. The molecule has 0 aromatic heterocycles. The number of aliphatic hydroxyl groups excluding tert-OH is 3. The maximum atomic E-state index is 14.6. The van der Waals surface area contributed by atoms with Gasteiger partial charge in [0.05, 0.1) is 49.6 Å². The summed E-state index contributed by atoms with van der Waals surface area (Å²) in [5, 5.41) is 45.3. The van der Waals surface area contributed by atoms with Crippen molar-refractivity contribution >= 4 is 29.3 Å². The van der Waals surface area contributed by atoms with E-state index in [1.807, 2.05) is 30.3 Å². The number of non-ortho nitro benzene ring substituents is 1. The van der Waals surface area contributed by atoms with Crippen molar-refractivity contribution in [1.82, 2.24) is 4.90 Å². The lowest BCUT2D eigenvalue weighted by Gasteiger charge is -2.59. The monoisotopic (exact) mass is 889 g/mol. The standard InChI is InChI=1S/C47H59N3O12S/c1-3-25-60-47-43(49(21-26-58-27-24-53)46(54)61-35-17-15-34(16-18-35)50(55)56)32-41(48-57-2)39-30-33(11-7-9-22-51)38(14-8-10-23-52)44(45(39)47)40-31-36(19-20-42(40)62-47)59-28-29-63-37-12-5-4-6-13-37/h3-6,12-13,15-20,30-31,33,38,43-45,51-53H,1,7-11,14,21-29,32H2,2H3. The van der Waals surface area contributed by atoms with Crippen molar-refractivity contribution in [2.45, 2.75) is 67.6 Å². The minimum Gasteiger partial charge on any atom is -0.493 e. The van der Waals surface area contributed by atoms with Crippen molar-refractivity contribution in [2.24, 2.45) is 22.9 Å². The minimum absolute atomic E-state index is 0.00169. The first kappa shape index (κ1) is 47.5. The molecule has 1 aliphatic heterocycles. The molecule has 1 saturated carbocycles. The second-order valence-corrected chi connectivity index (χ2v) is 16.8. The van der Waals surface area contributed by atoms with Gasteiger partial charge in [0, 0.05) is 60.4 Å². The van der Waals surface area contributed by atoms with Gasteiger partial charge in [-0.3, -0.25) is 15.0 Å². The number of nitrogens with zero attached hydrogens (tertiary/aromatic N) is 3. The van der Waals surface area contributed by atoms with E-state index in [0.29, 0.717) is 36.7 Å². The Balaban J connectivity index is 1.49. The number of nitro benzene ring substituents is 1. The van der Waals surface area contributed by atoms with Crippen LogP contribution >= 0.6 is 11.8 Å². The second-order valence-electron chi connectivity index (χ2n) is 15.6. The average Bonchev–Trinajstić information content (AvgIpc) is 3.29. The Morgan fingerprint density at radius 1 is 0.984 bits per heavy atom. The molecule has 0 radical (unpaired) electrons. The van der Waals surface area contributed by atoms with E-state index in [1.165, 1.54) is 36.3 Å². The predicted molar refractivity (Wildman–Crippen MR) is 238 cm³/mol. The molecule has 15 nitrogen and oxygen atoms in total. The molecule has 6 rings (SSSR count). The predicted octanol–water partition coefficient (Wildman–Crippen LogP) is 7.54. The van der Waals surface area contributed by atoms with Gasteiger partial charge in [-0.2, -0.15) is 0 Å². The summed E-state index contributed by atoms with van der Waals surface area (Å²) in [6.07, 6.45) is 7.57. The Bertz CT molecular complexity index is 2020. The fourth-order valence-electron chi connectivity index (χ4n) is 9.18. The summed E-state index contributed by atoms with van der Waals surface area (Å²) in [5.41, 5.74) is 2.22. The van der Waals surface area contributed by atoms with Gasteiger partial charge in [-0.1, -0.05) is 48.3 Å². The van der Waals surface area contributed by atoms with Crippen molar-refractivity contribution in [2.75, 3.05) is 65.7 Å². The summed E-state index contributed by atoms with van der Waals surface area (Å²) < 4.78 is 32.3. The number of oxime groups is 1. The summed E-state index contributed by atoms with van der Waals surface area (Å²) in [6.45, 7) is 4.45. The van der Waals surface area contributed by atoms with Gasteiger partial charge in [-0.05, 0) is 85.6 Å². The molecule has 6 atom stereocenters. The van der Waals surface area contributed by atoms with Gasteiger partial charge < -0.3 is 43.8 Å². The molecule has 3 N–H and O–H groups in total. The highest BCUT2D eigenvalue weighted by molar-refractivity contribution is 7.99. The van der Waals surface area contributed by atoms with Gasteiger partial charge in [0.15, 0.2) is 0 Å². The molecular weight excluding hydrogens is 831 g/mol. The quantitative estimate of drug-likeness (QED) is 0.0249. The van der Waals surface area contributed by atoms with E-state index in [2.05, 4.69) is 36.0 Å². The Labute approximate surface area is 372 Å². The Morgan fingerprint density at radius 3 is 2.43 bits per heavy atom. The van der Waals surface area contributed by atoms with Crippen molar-refractivity contribution in [1.29, 1.82) is 0 Å². The summed E-state index contributed by atoms with van der Waals surface area (Å²) in [7, 11) is 1.48. The van der Waals surface area contributed by atoms with Crippen molar-refractivity contribution in [3.8, 4) is 17.2 Å². The Morgan fingerprint density at radius 2 is 1.73 bits per heavy atom. The third kappa shape index (κ3) is 11.6. The number of amides is 1. The first-order valence-corrected chi connectivity index (χ1v) is 22.6. The highest BCUT2D eigenvalue weighted by atomic mass is 32.2. The number of carbonyl (C=O) groups is 1. The van der Waals surface area contributed by atoms with Gasteiger partial charge in [0.1, 0.15) is 30.4 Å². The van der Waals surface area contributed by atoms with E-state index in [9.17, 15) is 30.2 Å². The van der Waals surface area contributed by atoms with Gasteiger partial charge >= 0.3 is 6.09 Å². The highest BCUT2D eigenvalue weighted by Gasteiger charge is 2.65. The first-order chi connectivity index (χ1) is 30.8. The molecular formula is C47H59N3O12S. The smallest absolute Gasteiger partial charge is 0.415 e. The zero-order valence-electron chi connectivity index (χ0n) is 35.8. The molecule has 2 aliphatic carbocycles. The Kier molecular flexibility index (Phi) is 17.8. The SMILES string of the molecule is C=CCOC12Oc3ccc(OCCSc4ccccc4)cc3C3C(CCCCO)C(CCCCO)C=C(C(=NOC)CC1N(CCOCCO)C(=O)Oc1ccc([N+](=O)[O-])cc1)C32. The maximum absolute atomic E-state index is 14.6. The van der Waals surface area contributed by atoms with Gasteiger partial charge in [0.2, 0.25) is 5.79 Å². The molecule has 3 aromatic rings. The lowest BCUT2D eigenvalue weighted by atomic mass is 9.55. The largest absolute Gasteiger partial charge is 0.493 e. The number of nitro groups is 1. The molecule has 3 aromatic carbocycles. The summed E-state index contributed by atoms with van der Waals surface area (Å²) in [6, 6.07) is 20.3. The summed E-state index contributed by atoms with van der Waals surface area (Å²) in [4.78, 5) is 33.7. The third-order valence-electron chi connectivity index (χ3n) is 11.8. The topological polar surface area (TPSA) is 192 Å². The summed E-state index contributed by atoms with van der Waals surface area (Å²) >= 11 is 1.71. The average molecular weight is 890 g/mol. The van der Waals surface area contributed by atoms with E-state index in [4.69, 9.17) is 28.5 Å². The fraction of sp³-hybridized carbons (Fsp3) is 0.489. The van der Waals surface area contributed by atoms with Crippen molar-refractivity contribution in [3.05, 3.63) is 113 Å². The number of aliphatic hydroxyl groups is 3. The number of carbonyl (C=O) groups excluding carboxylic acids is 1. The van der Waals surface area contributed by atoms with E-state index >= 15 is 0 Å². The molecule has 16 heteroatoms. The van der Waals surface area contributed by atoms with E-state index < -0.39 is 28.8 Å². The molecule has 1 heterocycles. The molecule has 0 bridgehead atoms. The normalized spacial score (nSPS) is 22.8. The van der Waals surface area contributed by atoms with Gasteiger partial charge in [0.25, 0.3) is 5.69 Å². The van der Waals surface area contributed by atoms with Crippen LogP contribution in [0.4, 0.5) is 10.5 Å². The number of allylic oxidation sites excluding steroid dienone is 1. The minimum atomic E-state index is -1.56. The Hall–Kier alpha value is -4.97. The summed E-state index contributed by atoms with van der Waals surface area (Å²) in [5.74, 6) is -0.303. The molecule has 0 saturated heterocycles. The van der Waals surface area contributed by atoms with Crippen molar-refractivity contribution < 1.29 is 53.6 Å². The van der Waals surface area contributed by atoms with Crippen LogP contribution in [0, 0.1) is 27.9 Å². The van der Waals surface area contributed by atoms with Crippen LogP contribution in [0.2, 0.25) is 0 Å². The zero-order chi connectivity index (χ0) is 44.6. The van der Waals surface area contributed by atoms with E-state index in [0.717, 1.165) is 47.5 Å². The lowest BCUT2D eigenvalue weighted by molar-refractivity contribution is -0.384. The van der Waals surface area contributed by atoms with Crippen LogP contribution in [0.5, 0.6) is 17.2 Å². The van der Waals surface area contributed by atoms with Crippen LogP contribution in [0.25, 0.3) is 0 Å². The molecule has 3 aliphatic rings. The third-order valence-corrected chi connectivity index (χ3v) is 12.8. The number of benzene rings is 3. The number of hydrogen-bond acceptors (Lipinski definition) is 14. The van der Waals surface area contributed by atoms with Crippen LogP contribution in [0.15, 0.2) is 107 Å².